The Kier molecular flexibility index (Phi) is 4.91. The van der Waals surface area contributed by atoms with E-state index in [1.165, 1.54) is 13.2 Å². The van der Waals surface area contributed by atoms with E-state index in [4.69, 9.17) is 9.47 Å². The lowest BCUT2D eigenvalue weighted by Crippen LogP contribution is -2.16. The second-order valence-electron chi connectivity index (χ2n) is 6.67. The van der Waals surface area contributed by atoms with Crippen molar-refractivity contribution >= 4 is 21.9 Å². The van der Waals surface area contributed by atoms with Gasteiger partial charge in [0.05, 0.1) is 35.1 Å². The van der Waals surface area contributed by atoms with E-state index < -0.39 is 17.9 Å². The molecule has 0 radical (unpaired) electrons. The van der Waals surface area contributed by atoms with Crippen molar-refractivity contribution in [3.05, 3.63) is 51.3 Å². The third kappa shape index (κ3) is 3.22. The van der Waals surface area contributed by atoms with Crippen LogP contribution in [0.5, 0.6) is 5.75 Å². The van der Waals surface area contributed by atoms with Crippen molar-refractivity contribution in [2.45, 2.75) is 19.6 Å². The summed E-state index contributed by atoms with van der Waals surface area (Å²) in [6.07, 6.45) is 0.526. The molecule has 1 aliphatic rings. The minimum Gasteiger partial charge on any atom is -0.491 e. The molecule has 0 saturated heterocycles. The number of carbonyl (C=O) groups excluding carboxylic acids is 1. The summed E-state index contributed by atoms with van der Waals surface area (Å²) < 4.78 is 28.1. The van der Waals surface area contributed by atoms with E-state index in [1.54, 1.807) is 35.5 Å². The highest BCUT2D eigenvalue weighted by molar-refractivity contribution is 9.10. The molecule has 1 atom stereocenters. The number of ether oxygens (including phenoxy) is 2. The van der Waals surface area contributed by atoms with Crippen LogP contribution in [0.1, 0.15) is 33.5 Å². The number of carbonyl (C=O) groups is 1. The number of methoxy groups -OCH3 is 1. The van der Waals surface area contributed by atoms with Gasteiger partial charge in [-0.05, 0) is 28.9 Å². The summed E-state index contributed by atoms with van der Waals surface area (Å²) in [7, 11) is 3.00. The van der Waals surface area contributed by atoms with Gasteiger partial charge in [-0.2, -0.15) is 5.10 Å². The third-order valence-corrected chi connectivity index (χ3v) is 5.43. The van der Waals surface area contributed by atoms with Crippen LogP contribution in [0, 0.1) is 12.7 Å². The number of fused-ring (bicyclic) bond motifs is 3. The minimum absolute atomic E-state index is 0.00782. The summed E-state index contributed by atoms with van der Waals surface area (Å²) in [5.74, 6) is -0.452. The molecule has 1 aromatic carbocycles. The first-order valence-electron chi connectivity index (χ1n) is 8.81. The van der Waals surface area contributed by atoms with E-state index in [2.05, 4.69) is 26.0 Å². The first kappa shape index (κ1) is 19.6. The first-order chi connectivity index (χ1) is 13.8. The number of imidazole rings is 1. The number of aromatic nitrogens is 4. The molecule has 0 spiro atoms. The van der Waals surface area contributed by atoms with Crippen molar-refractivity contribution in [2.75, 3.05) is 13.7 Å². The average molecular weight is 465 g/mol. The second kappa shape index (κ2) is 7.27. The molecular formula is C19H18BrFN4O4. The fourth-order valence-electron chi connectivity index (χ4n) is 3.52. The topological polar surface area (TPSA) is 91.4 Å². The van der Waals surface area contributed by atoms with Crippen molar-refractivity contribution in [3.63, 3.8) is 0 Å². The lowest BCUT2D eigenvalue weighted by molar-refractivity contribution is 0.0588. The minimum atomic E-state index is -1.16. The third-order valence-electron chi connectivity index (χ3n) is 4.83. The zero-order valence-electron chi connectivity index (χ0n) is 15.9. The Bertz CT molecular complexity index is 1120. The number of aliphatic hydroxyl groups excluding tert-OH is 1. The summed E-state index contributed by atoms with van der Waals surface area (Å²) >= 11 is 3.18. The summed E-state index contributed by atoms with van der Waals surface area (Å²) in [5.41, 5.74) is 1.95. The Hall–Kier alpha value is -2.72. The van der Waals surface area contributed by atoms with Gasteiger partial charge in [-0.3, -0.25) is 4.68 Å². The fourth-order valence-corrected chi connectivity index (χ4v) is 3.87. The molecule has 10 heteroatoms. The molecule has 29 heavy (non-hydrogen) atoms. The number of halogens is 2. The summed E-state index contributed by atoms with van der Waals surface area (Å²) in [5, 5.41) is 15.4. The van der Waals surface area contributed by atoms with E-state index >= 15 is 0 Å². The number of aliphatic hydroxyl groups is 1. The molecule has 0 bridgehead atoms. The lowest BCUT2D eigenvalue weighted by Gasteiger charge is -2.15. The zero-order chi connectivity index (χ0) is 20.9. The molecular weight excluding hydrogens is 447 g/mol. The summed E-state index contributed by atoms with van der Waals surface area (Å²) in [4.78, 5) is 16.9. The van der Waals surface area contributed by atoms with Crippen LogP contribution in [-0.2, 0) is 18.3 Å². The normalized spacial score (nSPS) is 13.9. The van der Waals surface area contributed by atoms with Crippen molar-refractivity contribution in [2.24, 2.45) is 7.05 Å². The molecule has 3 aromatic rings. The van der Waals surface area contributed by atoms with Crippen LogP contribution in [0.2, 0.25) is 0 Å². The number of aryl methyl sites for hydroxylation is 2. The molecule has 2 aromatic heterocycles. The molecule has 1 aliphatic heterocycles. The van der Waals surface area contributed by atoms with Crippen LogP contribution in [0.25, 0.3) is 11.4 Å². The molecule has 0 fully saturated rings. The van der Waals surface area contributed by atoms with E-state index in [1.807, 2.05) is 0 Å². The molecule has 4 rings (SSSR count). The van der Waals surface area contributed by atoms with Crippen molar-refractivity contribution < 1.29 is 23.8 Å². The largest absolute Gasteiger partial charge is 0.491 e. The number of nitrogens with zero attached hydrogens (tertiary/aromatic N) is 4. The van der Waals surface area contributed by atoms with E-state index in [-0.39, 0.29) is 22.5 Å². The smallest absolute Gasteiger partial charge is 0.358 e. The Labute approximate surface area is 174 Å². The Morgan fingerprint density at radius 3 is 2.86 bits per heavy atom. The molecule has 1 N–H and O–H groups in total. The predicted octanol–water partition coefficient (Wildman–Crippen LogP) is 2.75. The van der Waals surface area contributed by atoms with Gasteiger partial charge < -0.3 is 19.1 Å². The fraction of sp³-hybridized carbons (Fsp3) is 0.316. The van der Waals surface area contributed by atoms with Gasteiger partial charge in [-0.25, -0.2) is 14.2 Å². The number of hydrogen-bond donors (Lipinski definition) is 1. The Morgan fingerprint density at radius 1 is 1.45 bits per heavy atom. The maximum Gasteiger partial charge on any atom is 0.358 e. The van der Waals surface area contributed by atoms with Gasteiger partial charge >= 0.3 is 5.97 Å². The molecule has 0 aliphatic carbocycles. The van der Waals surface area contributed by atoms with Crippen LogP contribution < -0.4 is 4.74 Å². The van der Waals surface area contributed by atoms with Crippen LogP contribution in [0.15, 0.2) is 22.8 Å². The van der Waals surface area contributed by atoms with E-state index in [9.17, 15) is 14.3 Å². The van der Waals surface area contributed by atoms with Crippen LogP contribution in [-0.4, -0.2) is 44.1 Å². The van der Waals surface area contributed by atoms with Crippen LogP contribution >= 0.6 is 15.9 Å². The Balaban J connectivity index is 1.97. The average Bonchev–Trinajstić information content (AvgIpc) is 3.17. The molecule has 8 nitrogen and oxygen atoms in total. The maximum atomic E-state index is 14.0. The van der Waals surface area contributed by atoms with Crippen LogP contribution in [0.4, 0.5) is 4.39 Å². The van der Waals surface area contributed by atoms with Gasteiger partial charge in [0.1, 0.15) is 30.1 Å². The van der Waals surface area contributed by atoms with E-state index in [0.29, 0.717) is 34.9 Å². The zero-order valence-corrected chi connectivity index (χ0v) is 17.5. The second-order valence-corrected chi connectivity index (χ2v) is 7.52. The monoisotopic (exact) mass is 464 g/mol. The standard InChI is InChI=1S/C19H18BrFN4O4/c1-9-11(8-24(2)23-9)17(26)16-15(19(27)28-3)22-18-10-6-12(20)13(21)7-14(10)29-5-4-25(16)18/h6-8,17,26H,4-5H2,1-3H3. The first-order valence-corrected chi connectivity index (χ1v) is 9.60. The van der Waals surface area contributed by atoms with Gasteiger partial charge in [0.15, 0.2) is 5.69 Å². The molecule has 3 heterocycles. The number of benzene rings is 1. The lowest BCUT2D eigenvalue weighted by atomic mass is 10.1. The predicted molar refractivity (Wildman–Crippen MR) is 104 cm³/mol. The molecule has 1 unspecified atom stereocenters. The molecule has 0 saturated carbocycles. The summed E-state index contributed by atoms with van der Waals surface area (Å²) in [6, 6.07) is 2.81. The van der Waals surface area contributed by atoms with E-state index in [0.717, 1.165) is 0 Å². The number of rotatable bonds is 3. The van der Waals surface area contributed by atoms with Gasteiger partial charge in [-0.1, -0.05) is 0 Å². The van der Waals surface area contributed by atoms with Crippen molar-refractivity contribution in [3.8, 4) is 17.1 Å². The molecule has 152 valence electrons. The highest BCUT2D eigenvalue weighted by atomic mass is 79.9. The maximum absolute atomic E-state index is 14.0. The van der Waals surface area contributed by atoms with Gasteiger partial charge in [-0.15, -0.1) is 0 Å². The van der Waals surface area contributed by atoms with Gasteiger partial charge in [0, 0.05) is 24.9 Å². The Morgan fingerprint density at radius 2 is 2.21 bits per heavy atom. The number of esters is 1. The van der Waals surface area contributed by atoms with Gasteiger partial charge in [0.25, 0.3) is 0 Å². The van der Waals surface area contributed by atoms with Gasteiger partial charge in [0.2, 0.25) is 0 Å². The van der Waals surface area contributed by atoms with Crippen LogP contribution in [0.3, 0.4) is 0 Å². The summed E-state index contributed by atoms with van der Waals surface area (Å²) in [6.45, 7) is 2.29. The number of hydrogen-bond acceptors (Lipinski definition) is 6. The molecule has 0 amide bonds. The van der Waals surface area contributed by atoms with Crippen molar-refractivity contribution in [1.29, 1.82) is 0 Å². The highest BCUT2D eigenvalue weighted by Crippen LogP contribution is 2.39. The SMILES string of the molecule is COC(=O)c1nc2n(c1C(O)c1cn(C)nc1C)CCOc1cc(F)c(Br)cc1-2. The quantitative estimate of drug-likeness (QED) is 0.599. The highest BCUT2D eigenvalue weighted by Gasteiger charge is 2.33. The van der Waals surface area contributed by atoms with Crippen molar-refractivity contribution in [1.82, 2.24) is 19.3 Å².